The van der Waals surface area contributed by atoms with Gasteiger partial charge in [-0.2, -0.15) is 0 Å². The highest BCUT2D eigenvalue weighted by atomic mass is 28.3. The minimum absolute atomic E-state index is 0.378. The lowest BCUT2D eigenvalue weighted by Crippen LogP contribution is -2.25. The topological polar surface area (TPSA) is 22.1 Å². The fraction of sp³-hybridized carbons (Fsp3) is 0.500. The maximum atomic E-state index is 5.76. The smallest absolute Gasteiger partial charge is 0.214 e. The van der Waals surface area contributed by atoms with Crippen molar-refractivity contribution in [3.63, 3.8) is 0 Å². The van der Waals surface area contributed by atoms with Crippen LogP contribution < -0.4 is 4.74 Å². The van der Waals surface area contributed by atoms with E-state index in [0.717, 1.165) is 24.4 Å². The van der Waals surface area contributed by atoms with Crippen molar-refractivity contribution in [2.24, 2.45) is 0 Å². The molecule has 1 fully saturated rings. The van der Waals surface area contributed by atoms with E-state index in [-0.39, 0.29) is 0 Å². The molecule has 1 aromatic heterocycles. The first-order valence-corrected chi connectivity index (χ1v) is 9.70. The van der Waals surface area contributed by atoms with Crippen LogP contribution in [0.1, 0.15) is 25.0 Å². The second-order valence-electron chi connectivity index (χ2n) is 5.53. The summed E-state index contributed by atoms with van der Waals surface area (Å²) in [4.78, 5) is 4.42. The Morgan fingerprint density at radius 3 is 2.65 bits per heavy atom. The molecule has 1 saturated carbocycles. The number of hydrogen-bond acceptors (Lipinski definition) is 2. The summed E-state index contributed by atoms with van der Waals surface area (Å²) >= 11 is 0. The van der Waals surface area contributed by atoms with E-state index in [0.29, 0.717) is 6.10 Å². The molecule has 0 atom stereocenters. The van der Waals surface area contributed by atoms with Crippen molar-refractivity contribution in [3.8, 4) is 17.3 Å². The molecule has 1 aliphatic rings. The van der Waals surface area contributed by atoms with Crippen LogP contribution in [-0.2, 0) is 0 Å². The van der Waals surface area contributed by atoms with Gasteiger partial charge in [0.1, 0.15) is 19.9 Å². The van der Waals surface area contributed by atoms with Gasteiger partial charge < -0.3 is 4.74 Å². The fourth-order valence-electron chi connectivity index (χ4n) is 1.46. The second-order valence-corrected chi connectivity index (χ2v) is 10.3. The van der Waals surface area contributed by atoms with Crippen molar-refractivity contribution in [2.75, 3.05) is 0 Å². The van der Waals surface area contributed by atoms with Gasteiger partial charge in [-0.25, -0.2) is 4.98 Å². The Bertz CT molecular complexity index is 449. The number of rotatable bonds is 2. The molecule has 3 heteroatoms. The zero-order chi connectivity index (χ0) is 12.3. The molecule has 0 unspecified atom stereocenters. The van der Waals surface area contributed by atoms with Crippen molar-refractivity contribution >= 4 is 8.07 Å². The van der Waals surface area contributed by atoms with Crippen molar-refractivity contribution in [2.45, 2.75) is 45.0 Å². The van der Waals surface area contributed by atoms with E-state index in [4.69, 9.17) is 4.74 Å². The van der Waals surface area contributed by atoms with Crippen LogP contribution >= 0.6 is 0 Å². The van der Waals surface area contributed by atoms with Crippen molar-refractivity contribution in [1.82, 2.24) is 4.98 Å². The van der Waals surface area contributed by atoms with Crippen LogP contribution in [-0.4, -0.2) is 19.2 Å². The molecule has 17 heavy (non-hydrogen) atoms. The van der Waals surface area contributed by atoms with Gasteiger partial charge in [-0.05, 0) is 25.3 Å². The highest BCUT2D eigenvalue weighted by molar-refractivity contribution is 6.83. The van der Waals surface area contributed by atoms with Crippen LogP contribution in [0.4, 0.5) is 0 Å². The Hall–Kier alpha value is -1.27. The molecule has 1 aromatic rings. The molecule has 0 aliphatic heterocycles. The molecule has 1 aliphatic carbocycles. The van der Waals surface area contributed by atoms with E-state index in [1.807, 2.05) is 18.2 Å². The average molecular weight is 245 g/mol. The Balaban J connectivity index is 2.07. The SMILES string of the molecule is C[Si](C)(C)C#Cc1cccc(OC2CCC2)n1. The zero-order valence-corrected chi connectivity index (χ0v) is 11.8. The summed E-state index contributed by atoms with van der Waals surface area (Å²) < 4.78 is 5.76. The summed E-state index contributed by atoms with van der Waals surface area (Å²) in [5.74, 6) is 3.87. The molecule has 0 N–H and O–H groups in total. The third kappa shape index (κ3) is 3.90. The molecule has 0 bridgehead atoms. The largest absolute Gasteiger partial charge is 0.474 e. The lowest BCUT2D eigenvalue weighted by atomic mass is 9.96. The highest BCUT2D eigenvalue weighted by Crippen LogP contribution is 2.23. The summed E-state index contributed by atoms with van der Waals surface area (Å²) in [7, 11) is -1.33. The van der Waals surface area contributed by atoms with Gasteiger partial charge in [-0.1, -0.05) is 31.6 Å². The molecule has 90 valence electrons. The molecule has 2 nitrogen and oxygen atoms in total. The highest BCUT2D eigenvalue weighted by Gasteiger charge is 2.19. The third-order valence-electron chi connectivity index (χ3n) is 2.63. The van der Waals surface area contributed by atoms with Gasteiger partial charge in [0.2, 0.25) is 5.88 Å². The van der Waals surface area contributed by atoms with Crippen LogP contribution in [0.25, 0.3) is 0 Å². The van der Waals surface area contributed by atoms with Crippen molar-refractivity contribution < 1.29 is 4.74 Å². The Morgan fingerprint density at radius 2 is 2.06 bits per heavy atom. The monoisotopic (exact) mass is 245 g/mol. The second kappa shape index (κ2) is 4.93. The number of nitrogens with zero attached hydrogens (tertiary/aromatic N) is 1. The predicted octanol–water partition coefficient (Wildman–Crippen LogP) is 3.24. The van der Waals surface area contributed by atoms with Gasteiger partial charge in [0.05, 0.1) is 0 Å². The minimum Gasteiger partial charge on any atom is -0.474 e. The maximum absolute atomic E-state index is 5.76. The van der Waals surface area contributed by atoms with Gasteiger partial charge in [0.25, 0.3) is 0 Å². The van der Waals surface area contributed by atoms with Crippen LogP contribution in [0.3, 0.4) is 0 Å². The van der Waals surface area contributed by atoms with E-state index in [2.05, 4.69) is 36.1 Å². The Kier molecular flexibility index (Phi) is 3.53. The van der Waals surface area contributed by atoms with Gasteiger partial charge in [-0.15, -0.1) is 5.54 Å². The van der Waals surface area contributed by atoms with E-state index in [1.165, 1.54) is 6.42 Å². The van der Waals surface area contributed by atoms with Crippen LogP contribution in [0.2, 0.25) is 19.6 Å². The van der Waals surface area contributed by atoms with E-state index >= 15 is 0 Å². The first-order chi connectivity index (χ1) is 8.03. The molecular formula is C14H19NOSi. The summed E-state index contributed by atoms with van der Waals surface area (Å²) in [6, 6.07) is 5.83. The van der Waals surface area contributed by atoms with Gasteiger partial charge >= 0.3 is 0 Å². The van der Waals surface area contributed by atoms with Crippen molar-refractivity contribution in [1.29, 1.82) is 0 Å². The van der Waals surface area contributed by atoms with E-state index in [9.17, 15) is 0 Å². The molecule has 1 heterocycles. The molecule has 0 amide bonds. The summed E-state index contributed by atoms with van der Waals surface area (Å²) in [6.07, 6.45) is 3.97. The Labute approximate surface area is 104 Å². The quantitative estimate of drug-likeness (QED) is 0.589. The maximum Gasteiger partial charge on any atom is 0.214 e. The molecule has 0 saturated heterocycles. The molecule has 0 radical (unpaired) electrons. The fourth-order valence-corrected chi connectivity index (χ4v) is 1.96. The number of ether oxygens (including phenoxy) is 1. The molecular weight excluding hydrogens is 226 g/mol. The predicted molar refractivity (Wildman–Crippen MR) is 72.7 cm³/mol. The molecule has 0 spiro atoms. The summed E-state index contributed by atoms with van der Waals surface area (Å²) in [5.41, 5.74) is 4.14. The van der Waals surface area contributed by atoms with E-state index in [1.54, 1.807) is 0 Å². The zero-order valence-electron chi connectivity index (χ0n) is 10.8. The van der Waals surface area contributed by atoms with Crippen LogP contribution in [0.15, 0.2) is 18.2 Å². The van der Waals surface area contributed by atoms with Gasteiger partial charge in [-0.3, -0.25) is 0 Å². The van der Waals surface area contributed by atoms with Gasteiger partial charge in [0, 0.05) is 6.07 Å². The number of aromatic nitrogens is 1. The Morgan fingerprint density at radius 1 is 1.29 bits per heavy atom. The first kappa shape index (κ1) is 12.2. The third-order valence-corrected chi connectivity index (χ3v) is 3.50. The van der Waals surface area contributed by atoms with Crippen LogP contribution in [0, 0.1) is 11.5 Å². The van der Waals surface area contributed by atoms with Crippen molar-refractivity contribution in [3.05, 3.63) is 23.9 Å². The van der Waals surface area contributed by atoms with Gasteiger partial charge in [0.15, 0.2) is 0 Å². The summed E-state index contributed by atoms with van der Waals surface area (Å²) in [6.45, 7) is 6.69. The van der Waals surface area contributed by atoms with Crippen LogP contribution in [0.5, 0.6) is 5.88 Å². The summed E-state index contributed by atoms with van der Waals surface area (Å²) in [5, 5.41) is 0. The minimum atomic E-state index is -1.33. The van der Waals surface area contributed by atoms with E-state index < -0.39 is 8.07 Å². The first-order valence-electron chi connectivity index (χ1n) is 6.20. The number of hydrogen-bond donors (Lipinski definition) is 0. The molecule has 2 rings (SSSR count). The normalized spacial score (nSPS) is 15.7. The number of pyridine rings is 1. The standard InChI is InChI=1S/C14H19NOSi/c1-17(2,3)11-10-12-6-4-9-14(15-12)16-13-7-5-8-13/h4,6,9,13H,5,7-8H2,1-3H3. The lowest BCUT2D eigenvalue weighted by Gasteiger charge is -2.25. The molecule has 0 aromatic carbocycles. The lowest BCUT2D eigenvalue weighted by molar-refractivity contribution is 0.114. The average Bonchev–Trinajstić information content (AvgIpc) is 2.20.